The van der Waals surface area contributed by atoms with E-state index in [1.54, 1.807) is 18.5 Å². The number of rotatable bonds is 4. The molecule has 0 saturated carbocycles. The van der Waals surface area contributed by atoms with Gasteiger partial charge in [-0.05, 0) is 45.0 Å². The summed E-state index contributed by atoms with van der Waals surface area (Å²) in [5, 5.41) is 2.72. The number of aromatic nitrogens is 3. The topological polar surface area (TPSA) is 69.0 Å². The van der Waals surface area contributed by atoms with Gasteiger partial charge in [0, 0.05) is 25.2 Å². The molecule has 0 aliphatic carbocycles. The summed E-state index contributed by atoms with van der Waals surface area (Å²) in [7, 11) is 0. The second-order valence-corrected chi connectivity index (χ2v) is 6.89. The molecule has 136 valence electrons. The molecule has 0 saturated heterocycles. The summed E-state index contributed by atoms with van der Waals surface area (Å²) in [5.41, 5.74) is 1.57. The molecule has 26 heavy (non-hydrogen) atoms. The molecule has 0 aliphatic heterocycles. The van der Waals surface area contributed by atoms with Crippen LogP contribution >= 0.6 is 0 Å². The number of nitrogens with one attached hydrogen (secondary N) is 1. The van der Waals surface area contributed by atoms with Crippen molar-refractivity contribution in [1.29, 1.82) is 0 Å². The first-order valence-corrected chi connectivity index (χ1v) is 8.37. The van der Waals surface area contributed by atoms with Crippen LogP contribution in [0.3, 0.4) is 0 Å². The van der Waals surface area contributed by atoms with Crippen LogP contribution in [0.5, 0.6) is 0 Å². The summed E-state index contributed by atoms with van der Waals surface area (Å²) in [6.07, 6.45) is 3.35. The van der Waals surface area contributed by atoms with Crippen molar-refractivity contribution in [2.24, 2.45) is 0 Å². The Bertz CT molecular complexity index is 916. The highest BCUT2D eigenvalue weighted by atomic mass is 19.1. The molecule has 0 aliphatic rings. The van der Waals surface area contributed by atoms with Gasteiger partial charge in [-0.25, -0.2) is 14.2 Å². The number of halogens is 1. The fraction of sp³-hybridized carbons (Fsp3) is 0.316. The predicted octanol–water partition coefficient (Wildman–Crippen LogP) is 3.63. The Balaban J connectivity index is 1.85. The number of ether oxygens (including phenoxy) is 1. The molecule has 0 spiro atoms. The van der Waals surface area contributed by atoms with Crippen molar-refractivity contribution >= 4 is 17.1 Å². The molecule has 0 fully saturated rings. The van der Waals surface area contributed by atoms with E-state index in [9.17, 15) is 9.18 Å². The fourth-order valence-corrected chi connectivity index (χ4v) is 2.63. The molecule has 1 aromatic carbocycles. The molecule has 1 N–H and O–H groups in total. The lowest BCUT2D eigenvalue weighted by atomic mass is 10.2. The van der Waals surface area contributed by atoms with Crippen molar-refractivity contribution in [2.45, 2.75) is 32.8 Å². The van der Waals surface area contributed by atoms with E-state index in [1.165, 1.54) is 12.1 Å². The number of carbonyl (C=O) groups excluding carboxylic acids is 1. The predicted molar refractivity (Wildman–Crippen MR) is 96.8 cm³/mol. The molecular weight excluding hydrogens is 335 g/mol. The molecule has 6 nitrogen and oxygen atoms in total. The van der Waals surface area contributed by atoms with Gasteiger partial charge in [-0.2, -0.15) is 0 Å². The highest BCUT2D eigenvalue weighted by Crippen LogP contribution is 2.22. The molecule has 7 heteroatoms. The average molecular weight is 356 g/mol. The van der Waals surface area contributed by atoms with Crippen molar-refractivity contribution in [2.75, 3.05) is 6.54 Å². The third-order valence-electron chi connectivity index (χ3n) is 3.61. The zero-order valence-electron chi connectivity index (χ0n) is 15.0. The molecular formula is C19H21FN4O2. The van der Waals surface area contributed by atoms with Gasteiger partial charge < -0.3 is 10.1 Å². The zero-order valence-corrected chi connectivity index (χ0v) is 15.0. The summed E-state index contributed by atoms with van der Waals surface area (Å²) in [5.74, 6) is 0.371. The lowest BCUT2D eigenvalue weighted by molar-refractivity contribution is 0.0528. The van der Waals surface area contributed by atoms with E-state index in [0.717, 1.165) is 5.69 Å². The highest BCUT2D eigenvalue weighted by Gasteiger charge is 2.17. The molecule has 2 aromatic heterocycles. The van der Waals surface area contributed by atoms with Gasteiger partial charge in [0.05, 0.1) is 22.9 Å². The van der Waals surface area contributed by atoms with Crippen LogP contribution in [0.1, 0.15) is 26.6 Å². The number of amides is 1. The third kappa shape index (κ3) is 4.17. The summed E-state index contributed by atoms with van der Waals surface area (Å²) in [4.78, 5) is 20.5. The van der Waals surface area contributed by atoms with E-state index in [0.29, 0.717) is 29.8 Å². The number of nitrogens with zero attached hydrogens (tertiary/aromatic N) is 3. The smallest absolute Gasteiger partial charge is 0.407 e. The number of benzene rings is 1. The number of carbonyl (C=O) groups is 1. The summed E-state index contributed by atoms with van der Waals surface area (Å²) in [6.45, 7) is 5.77. The SMILES string of the molecule is CC(C)(C)OC(=O)NCCc1nc2ccc(F)cc2n1-c1cccnc1. The molecule has 2 heterocycles. The molecule has 0 radical (unpaired) electrons. The maximum atomic E-state index is 13.7. The zero-order chi connectivity index (χ0) is 18.7. The van der Waals surface area contributed by atoms with Gasteiger partial charge in [-0.1, -0.05) is 0 Å². The van der Waals surface area contributed by atoms with Gasteiger partial charge in [0.1, 0.15) is 17.2 Å². The van der Waals surface area contributed by atoms with E-state index < -0.39 is 11.7 Å². The Morgan fingerprint density at radius 1 is 1.31 bits per heavy atom. The molecule has 3 rings (SSSR count). The maximum absolute atomic E-state index is 13.7. The van der Waals surface area contributed by atoms with Crippen molar-refractivity contribution in [1.82, 2.24) is 19.9 Å². The number of hydrogen-bond acceptors (Lipinski definition) is 4. The Kier molecular flexibility index (Phi) is 4.88. The number of hydrogen-bond donors (Lipinski definition) is 1. The number of fused-ring (bicyclic) bond motifs is 1. The second kappa shape index (κ2) is 7.11. The lowest BCUT2D eigenvalue weighted by Gasteiger charge is -2.19. The fourth-order valence-electron chi connectivity index (χ4n) is 2.63. The number of imidazole rings is 1. The quantitative estimate of drug-likeness (QED) is 0.775. The van der Waals surface area contributed by atoms with Crippen LogP contribution in [0.4, 0.5) is 9.18 Å². The van der Waals surface area contributed by atoms with Gasteiger partial charge in [0.15, 0.2) is 0 Å². The van der Waals surface area contributed by atoms with Crippen LogP contribution in [0.2, 0.25) is 0 Å². The number of pyridine rings is 1. The normalized spacial score (nSPS) is 11.5. The van der Waals surface area contributed by atoms with E-state index in [4.69, 9.17) is 4.74 Å². The standard InChI is InChI=1S/C19H21FN4O2/c1-19(2,3)26-18(25)22-10-8-17-23-15-7-6-13(20)11-16(15)24(17)14-5-4-9-21-12-14/h4-7,9,11-12H,8,10H2,1-3H3,(H,22,25). The first kappa shape index (κ1) is 17.8. The third-order valence-corrected chi connectivity index (χ3v) is 3.61. The Labute approximate surface area is 151 Å². The first-order valence-electron chi connectivity index (χ1n) is 8.37. The Hall–Kier alpha value is -2.96. The molecule has 0 bridgehead atoms. The van der Waals surface area contributed by atoms with Crippen LogP contribution in [0, 0.1) is 5.82 Å². The molecule has 0 atom stereocenters. The summed E-state index contributed by atoms with van der Waals surface area (Å²) >= 11 is 0. The Morgan fingerprint density at radius 2 is 2.12 bits per heavy atom. The lowest BCUT2D eigenvalue weighted by Crippen LogP contribution is -2.33. The first-order chi connectivity index (χ1) is 12.3. The molecule has 1 amide bonds. The van der Waals surface area contributed by atoms with Crippen LogP contribution < -0.4 is 5.32 Å². The average Bonchev–Trinajstić information content (AvgIpc) is 2.91. The Morgan fingerprint density at radius 3 is 2.81 bits per heavy atom. The second-order valence-electron chi connectivity index (χ2n) is 6.89. The summed E-state index contributed by atoms with van der Waals surface area (Å²) < 4.78 is 20.8. The minimum absolute atomic E-state index is 0.332. The molecule has 3 aromatic rings. The van der Waals surface area contributed by atoms with Crippen LogP contribution in [0.15, 0.2) is 42.7 Å². The van der Waals surface area contributed by atoms with Crippen molar-refractivity contribution in [3.63, 3.8) is 0 Å². The van der Waals surface area contributed by atoms with Gasteiger partial charge in [-0.3, -0.25) is 9.55 Å². The highest BCUT2D eigenvalue weighted by molar-refractivity contribution is 5.78. The van der Waals surface area contributed by atoms with E-state index >= 15 is 0 Å². The van der Waals surface area contributed by atoms with Crippen molar-refractivity contribution in [3.8, 4) is 5.69 Å². The van der Waals surface area contributed by atoms with Gasteiger partial charge in [0.25, 0.3) is 0 Å². The minimum atomic E-state index is -0.551. The van der Waals surface area contributed by atoms with Crippen LogP contribution in [0.25, 0.3) is 16.7 Å². The van der Waals surface area contributed by atoms with E-state index in [1.807, 2.05) is 37.5 Å². The van der Waals surface area contributed by atoms with Gasteiger partial charge in [0.2, 0.25) is 0 Å². The van der Waals surface area contributed by atoms with Crippen molar-refractivity contribution < 1.29 is 13.9 Å². The van der Waals surface area contributed by atoms with E-state index in [2.05, 4.69) is 15.3 Å². The van der Waals surface area contributed by atoms with Gasteiger partial charge in [-0.15, -0.1) is 0 Å². The monoisotopic (exact) mass is 356 g/mol. The summed E-state index contributed by atoms with van der Waals surface area (Å²) in [6, 6.07) is 8.15. The van der Waals surface area contributed by atoms with E-state index in [-0.39, 0.29) is 5.82 Å². The van der Waals surface area contributed by atoms with Crippen LogP contribution in [-0.4, -0.2) is 32.8 Å². The molecule has 0 unspecified atom stereocenters. The number of alkyl carbamates (subject to hydrolysis) is 1. The largest absolute Gasteiger partial charge is 0.444 e. The minimum Gasteiger partial charge on any atom is -0.444 e. The van der Waals surface area contributed by atoms with Gasteiger partial charge >= 0.3 is 6.09 Å². The van der Waals surface area contributed by atoms with Crippen LogP contribution in [-0.2, 0) is 11.2 Å². The maximum Gasteiger partial charge on any atom is 0.407 e. The van der Waals surface area contributed by atoms with Crippen molar-refractivity contribution in [3.05, 3.63) is 54.4 Å².